The number of aromatic nitrogens is 2. The molecule has 2 amide bonds. The van der Waals surface area contributed by atoms with E-state index in [9.17, 15) is 14.0 Å². The van der Waals surface area contributed by atoms with Crippen molar-refractivity contribution in [2.75, 3.05) is 11.9 Å². The van der Waals surface area contributed by atoms with Gasteiger partial charge in [-0.15, -0.1) is 10.2 Å². The molecule has 2 heterocycles. The summed E-state index contributed by atoms with van der Waals surface area (Å²) in [6, 6.07) is 15.5. The highest BCUT2D eigenvalue weighted by molar-refractivity contribution is 7.18. The molecular formula is C26H28FN5O2S. The highest BCUT2D eigenvalue weighted by atomic mass is 32.1. The fourth-order valence-corrected chi connectivity index (χ4v) is 4.63. The number of carbonyl (C=O) groups excluding carboxylic acids is 2. The van der Waals surface area contributed by atoms with E-state index in [1.807, 2.05) is 30.3 Å². The second kappa shape index (κ2) is 12.3. The Morgan fingerprint density at radius 1 is 1.11 bits per heavy atom. The van der Waals surface area contributed by atoms with Gasteiger partial charge in [-0.05, 0) is 62.1 Å². The van der Waals surface area contributed by atoms with E-state index < -0.39 is 0 Å². The van der Waals surface area contributed by atoms with Crippen LogP contribution in [0.5, 0.6) is 0 Å². The van der Waals surface area contributed by atoms with E-state index in [-0.39, 0.29) is 29.7 Å². The van der Waals surface area contributed by atoms with Crippen LogP contribution in [0.2, 0.25) is 0 Å². The van der Waals surface area contributed by atoms with Crippen LogP contribution in [0.15, 0.2) is 66.7 Å². The fraction of sp³-hybridized carbons (Fsp3) is 0.308. The van der Waals surface area contributed by atoms with Crippen molar-refractivity contribution in [1.29, 1.82) is 0 Å². The molecule has 3 N–H and O–H groups in total. The predicted octanol–water partition coefficient (Wildman–Crippen LogP) is 4.10. The normalized spacial score (nSPS) is 16.7. The monoisotopic (exact) mass is 493 g/mol. The second-order valence-corrected chi connectivity index (χ2v) is 9.39. The first-order valence-electron chi connectivity index (χ1n) is 11.7. The van der Waals surface area contributed by atoms with E-state index in [2.05, 4.69) is 26.1 Å². The van der Waals surface area contributed by atoms with Crippen LogP contribution in [0, 0.1) is 5.82 Å². The van der Waals surface area contributed by atoms with Gasteiger partial charge in [0.05, 0.1) is 6.04 Å². The van der Waals surface area contributed by atoms with Crippen molar-refractivity contribution < 1.29 is 14.0 Å². The third-order valence-electron chi connectivity index (χ3n) is 5.77. The number of amides is 2. The van der Waals surface area contributed by atoms with Crippen LogP contribution < -0.4 is 16.0 Å². The molecule has 182 valence electrons. The molecule has 1 aliphatic rings. The predicted molar refractivity (Wildman–Crippen MR) is 135 cm³/mol. The van der Waals surface area contributed by atoms with Crippen molar-refractivity contribution in [2.24, 2.45) is 0 Å². The third kappa shape index (κ3) is 7.53. The minimum atomic E-state index is -0.360. The number of hydrogen-bond donors (Lipinski definition) is 3. The van der Waals surface area contributed by atoms with Crippen LogP contribution in [-0.2, 0) is 16.0 Å². The summed E-state index contributed by atoms with van der Waals surface area (Å²) in [6.45, 7) is 0.840. The van der Waals surface area contributed by atoms with Crippen molar-refractivity contribution in [2.45, 2.75) is 44.2 Å². The first-order valence-corrected chi connectivity index (χ1v) is 12.5. The van der Waals surface area contributed by atoms with Crippen molar-refractivity contribution in [3.05, 3.63) is 78.1 Å². The van der Waals surface area contributed by atoms with Crippen LogP contribution in [-0.4, -0.2) is 40.6 Å². The number of nitrogens with one attached hydrogen (secondary N) is 3. The lowest BCUT2D eigenvalue weighted by atomic mass is 10.0. The highest BCUT2D eigenvalue weighted by Gasteiger charge is 2.22. The lowest BCUT2D eigenvalue weighted by molar-refractivity contribution is -0.124. The molecule has 2 aromatic carbocycles. The van der Waals surface area contributed by atoms with Gasteiger partial charge in [0.2, 0.25) is 16.9 Å². The summed E-state index contributed by atoms with van der Waals surface area (Å²) < 4.78 is 13.1. The Labute approximate surface area is 207 Å². The minimum absolute atomic E-state index is 0.0408. The van der Waals surface area contributed by atoms with Gasteiger partial charge in [-0.3, -0.25) is 14.9 Å². The zero-order valence-corrected chi connectivity index (χ0v) is 20.1. The molecule has 1 aliphatic heterocycles. The zero-order valence-electron chi connectivity index (χ0n) is 19.2. The molecule has 4 rings (SSSR count). The Morgan fingerprint density at radius 2 is 1.91 bits per heavy atom. The molecule has 1 saturated heterocycles. The Bertz CT molecular complexity index is 1140. The Balaban J connectivity index is 1.37. The molecule has 2 atom stereocenters. The second-order valence-electron chi connectivity index (χ2n) is 8.41. The molecule has 3 aromatic rings. The van der Waals surface area contributed by atoms with E-state index in [4.69, 9.17) is 0 Å². The molecule has 0 aliphatic carbocycles. The van der Waals surface area contributed by atoms with E-state index in [1.54, 1.807) is 18.2 Å². The van der Waals surface area contributed by atoms with Crippen molar-refractivity contribution in [1.82, 2.24) is 20.8 Å². The molecule has 0 spiro atoms. The molecule has 7 nitrogen and oxygen atoms in total. The molecule has 0 saturated carbocycles. The van der Waals surface area contributed by atoms with Crippen LogP contribution in [0.4, 0.5) is 9.52 Å². The summed E-state index contributed by atoms with van der Waals surface area (Å²) >= 11 is 1.20. The van der Waals surface area contributed by atoms with E-state index >= 15 is 0 Å². The van der Waals surface area contributed by atoms with Crippen LogP contribution in [0.1, 0.15) is 31.2 Å². The number of benzene rings is 2. The maximum atomic E-state index is 13.1. The van der Waals surface area contributed by atoms with Crippen molar-refractivity contribution in [3.8, 4) is 10.6 Å². The number of aryl methyl sites for hydroxylation is 1. The molecule has 0 bridgehead atoms. The number of rotatable bonds is 9. The summed E-state index contributed by atoms with van der Waals surface area (Å²) in [4.78, 5) is 25.3. The van der Waals surface area contributed by atoms with Crippen LogP contribution >= 0.6 is 11.3 Å². The topological polar surface area (TPSA) is 96.0 Å². The van der Waals surface area contributed by atoms with Crippen molar-refractivity contribution >= 4 is 28.3 Å². The van der Waals surface area contributed by atoms with Gasteiger partial charge in [0.15, 0.2) is 0 Å². The molecule has 1 aromatic heterocycles. The van der Waals surface area contributed by atoms with Gasteiger partial charge in [-0.25, -0.2) is 4.39 Å². The van der Waals surface area contributed by atoms with Gasteiger partial charge < -0.3 is 10.6 Å². The number of piperidine rings is 1. The maximum Gasteiger partial charge on any atom is 0.249 e. The number of nitrogens with zero attached hydrogens (tertiary/aromatic N) is 2. The number of halogens is 1. The summed E-state index contributed by atoms with van der Waals surface area (Å²) in [7, 11) is 0. The van der Waals surface area contributed by atoms with Gasteiger partial charge in [-0.2, -0.15) is 0 Å². The van der Waals surface area contributed by atoms with E-state index in [0.717, 1.165) is 37.8 Å². The van der Waals surface area contributed by atoms with Gasteiger partial charge in [0.1, 0.15) is 10.8 Å². The Morgan fingerprint density at radius 3 is 2.66 bits per heavy atom. The highest BCUT2D eigenvalue weighted by Crippen LogP contribution is 2.26. The molecule has 1 unspecified atom stereocenters. The first-order chi connectivity index (χ1) is 17.1. The Kier molecular flexibility index (Phi) is 8.69. The number of carbonyl (C=O) groups is 2. The third-order valence-corrected chi connectivity index (χ3v) is 6.66. The number of anilines is 1. The molecule has 9 heteroatoms. The molecular weight excluding hydrogens is 465 g/mol. The van der Waals surface area contributed by atoms with Gasteiger partial charge in [0.25, 0.3) is 0 Å². The summed E-state index contributed by atoms with van der Waals surface area (Å²) in [6.07, 6.45) is 7.50. The molecule has 0 radical (unpaired) electrons. The van der Waals surface area contributed by atoms with Crippen LogP contribution in [0.3, 0.4) is 0 Å². The first kappa shape index (κ1) is 24.7. The number of hydrogen-bond acceptors (Lipinski definition) is 6. The van der Waals surface area contributed by atoms with Gasteiger partial charge in [0, 0.05) is 17.7 Å². The average molecular weight is 494 g/mol. The Hall–Kier alpha value is -3.43. The molecule has 35 heavy (non-hydrogen) atoms. The lowest BCUT2D eigenvalue weighted by Crippen LogP contribution is -2.49. The van der Waals surface area contributed by atoms with E-state index in [1.165, 1.54) is 35.1 Å². The maximum absolute atomic E-state index is 13.1. The fourth-order valence-electron chi connectivity index (χ4n) is 3.88. The lowest BCUT2D eigenvalue weighted by Gasteiger charge is -2.25. The largest absolute Gasteiger partial charge is 0.349 e. The SMILES string of the molecule is O=C(/C=C/[C@H](CCc1ccccc1)NC(=O)C1CCCCN1)Nc1nnc(-c2ccc(F)cc2)s1. The van der Waals surface area contributed by atoms with Crippen LogP contribution in [0.25, 0.3) is 10.6 Å². The van der Waals surface area contributed by atoms with Gasteiger partial charge in [-0.1, -0.05) is 54.2 Å². The standard InChI is InChI=1S/C26H28FN5O2S/c27-20-12-10-19(11-13-20)25-31-32-26(35-25)30-23(33)16-15-21(14-9-18-6-2-1-3-7-18)29-24(34)22-8-4-5-17-28-22/h1-3,6-7,10-13,15-16,21-22,28H,4-5,8-9,14,17H2,(H,29,34)(H,30,32,33)/b16-15+/t21-,22?/m0/s1. The minimum Gasteiger partial charge on any atom is -0.349 e. The van der Waals surface area contributed by atoms with Gasteiger partial charge >= 0.3 is 0 Å². The zero-order chi connectivity index (χ0) is 24.5. The quantitative estimate of drug-likeness (QED) is 0.390. The molecule has 1 fully saturated rings. The average Bonchev–Trinajstić information content (AvgIpc) is 3.35. The van der Waals surface area contributed by atoms with Crippen molar-refractivity contribution in [3.63, 3.8) is 0 Å². The summed E-state index contributed by atoms with van der Waals surface area (Å²) in [5.41, 5.74) is 1.89. The van der Waals surface area contributed by atoms with E-state index in [0.29, 0.717) is 16.6 Å². The summed E-state index contributed by atoms with van der Waals surface area (Å²) in [5.74, 6) is -0.729. The summed E-state index contributed by atoms with van der Waals surface area (Å²) in [5, 5.41) is 18.0. The smallest absolute Gasteiger partial charge is 0.249 e.